The number of carboxylic acids is 1. The zero-order valence-electron chi connectivity index (χ0n) is 68.5. The van der Waals surface area contributed by atoms with Gasteiger partial charge in [-0.25, -0.2) is 29.4 Å². The number of carbonyl (C=O) groups excluding carboxylic acids is 13. The van der Waals surface area contributed by atoms with Crippen LogP contribution in [0.15, 0.2) is 91.0 Å². The second-order valence-electron chi connectivity index (χ2n) is 30.1. The van der Waals surface area contributed by atoms with Crippen LogP contribution in [0.25, 0.3) is 0 Å². The summed E-state index contributed by atoms with van der Waals surface area (Å²) in [5.41, 5.74) is 7.87. The molecule has 3 aromatic carbocycles. The third kappa shape index (κ3) is 28.7. The van der Waals surface area contributed by atoms with Crippen molar-refractivity contribution in [1.82, 2.24) is 71.8 Å². The van der Waals surface area contributed by atoms with Gasteiger partial charge in [-0.15, -0.1) is 0 Å². The normalized spacial score (nSPS) is 20.3. The Morgan fingerprint density at radius 3 is 1.12 bits per heavy atom. The van der Waals surface area contributed by atoms with E-state index >= 15 is 0 Å². The van der Waals surface area contributed by atoms with Gasteiger partial charge < -0.3 is 53.6 Å². The second kappa shape index (κ2) is 46.7. The van der Waals surface area contributed by atoms with Gasteiger partial charge in [-0.2, -0.15) is 0 Å². The molecule has 0 saturated carbocycles. The van der Waals surface area contributed by atoms with Crippen LogP contribution in [0, 0.1) is 0 Å². The predicted octanol–water partition coefficient (Wildman–Crippen LogP) is 2.03. The Hall–Kier alpha value is -8.60. The maximum absolute atomic E-state index is 13.7. The average Bonchev–Trinajstić information content (AvgIpc) is 1.55. The van der Waals surface area contributed by atoms with Crippen LogP contribution in [0.2, 0.25) is 0 Å². The summed E-state index contributed by atoms with van der Waals surface area (Å²) in [6, 6.07) is 22.4. The molecule has 9 N–H and O–H groups in total. The standard InChI is InChI=1S/C28H41N5O6.C23H33N5O4.C18H24N4O3.C10H19NO4.CH4.K.H/c1-6-21(31(5)27(38)39-28(2,3)4)25(36)30-20-14-15-23(34)32-18-10-13-22(33(32)26(20)37)24(35)29-17-16-19-11-8-7-9-12-19;1-3-17(24-2)21(30)26-18-11-12-20(29)27-15-7-10-19(28(27)23(18)32)22(31)25-14-13-16-8-5-4-6-9-16;19-14-8-9-16(23)21-12-4-7-15(22(21)18(14)25)17(24)20-11-10-13-5-2-1-3-6-13;1-6-7(8(12)13)11(5)9(14)15-10(2,3)4;;;/h7-9,11-12,20-22H,6,10,13-18H2,1-5H3,(H,29,35)(H,30,36);4-6,8-9,17-19,24H,3,7,10-15H2,1-2H3,(H,25,31)(H,26,30);1-3,5-6,14-15H,4,7-12,19H2,(H,20,24);7H,6H2,1-5H3,(H,12,13);1H4;;/q;;;;;+1;-1/t20-,21-,22-;17-,18-,19-;14-,15-;7-;;;/m0000.../s1. The number of nitrogens with zero attached hydrogens (tertiary/aromatic N) is 8. The van der Waals surface area contributed by atoms with Gasteiger partial charge in [0.15, 0.2) is 0 Å². The Balaban J connectivity index is 0.000000408. The summed E-state index contributed by atoms with van der Waals surface area (Å²) in [6.07, 6.45) is 6.42. The molecule has 6 fully saturated rings. The van der Waals surface area contributed by atoms with E-state index in [-0.39, 0.29) is 140 Å². The fourth-order valence-corrected chi connectivity index (χ4v) is 13.6. The molecule has 0 radical (unpaired) electrons. The third-order valence-corrected chi connectivity index (χ3v) is 19.6. The number of aliphatic carboxylic acids is 1. The van der Waals surface area contributed by atoms with Crippen molar-refractivity contribution in [2.45, 2.75) is 251 Å². The molecule has 0 spiro atoms. The van der Waals surface area contributed by atoms with Gasteiger partial charge in [0, 0.05) is 72.6 Å². The van der Waals surface area contributed by atoms with E-state index in [1.807, 2.05) is 97.9 Å². The van der Waals surface area contributed by atoms with E-state index in [0.29, 0.717) is 116 Å². The van der Waals surface area contributed by atoms with Crippen molar-refractivity contribution in [3.8, 4) is 0 Å². The van der Waals surface area contributed by atoms with Crippen LogP contribution < -0.4 is 89.0 Å². The number of amides is 13. The van der Waals surface area contributed by atoms with E-state index < -0.39 is 101 Å². The minimum Gasteiger partial charge on any atom is -1.00 e. The number of hydrogen-bond donors (Lipinski definition) is 8. The van der Waals surface area contributed by atoms with Crippen molar-refractivity contribution in [2.24, 2.45) is 5.73 Å². The number of carbonyl (C=O) groups is 14. The first-order valence-electron chi connectivity index (χ1n) is 38.7. The van der Waals surface area contributed by atoms with Crippen molar-refractivity contribution < 1.29 is 135 Å². The monoisotopic (exact) mass is 1600 g/mol. The van der Waals surface area contributed by atoms with Crippen molar-refractivity contribution in [1.29, 1.82) is 0 Å². The van der Waals surface area contributed by atoms with Gasteiger partial charge >= 0.3 is 69.5 Å². The van der Waals surface area contributed by atoms with Gasteiger partial charge in [0.2, 0.25) is 47.3 Å². The third-order valence-electron chi connectivity index (χ3n) is 19.6. The number of nitrogens with two attached hydrogens (primary N) is 1. The van der Waals surface area contributed by atoms with E-state index in [1.54, 1.807) is 62.4 Å². The Morgan fingerprint density at radius 1 is 0.496 bits per heavy atom. The first kappa shape index (κ1) is 96.8. The molecule has 620 valence electrons. The van der Waals surface area contributed by atoms with Crippen molar-refractivity contribution >= 4 is 83.1 Å². The van der Waals surface area contributed by atoms with Gasteiger partial charge in [0.1, 0.15) is 53.5 Å². The van der Waals surface area contributed by atoms with Crippen molar-refractivity contribution in [3.63, 3.8) is 0 Å². The summed E-state index contributed by atoms with van der Waals surface area (Å²) < 4.78 is 10.4. The largest absolute Gasteiger partial charge is 1.00 e. The zero-order valence-corrected chi connectivity index (χ0v) is 70.6. The minimum atomic E-state index is -1.02. The number of ether oxygens (including phenoxy) is 2. The molecule has 13 amide bonds. The van der Waals surface area contributed by atoms with Crippen LogP contribution >= 0.6 is 0 Å². The molecular formula is C80H122KN15O17. The van der Waals surface area contributed by atoms with Gasteiger partial charge in [-0.3, -0.25) is 77.6 Å². The van der Waals surface area contributed by atoms with E-state index in [0.717, 1.165) is 28.0 Å². The van der Waals surface area contributed by atoms with Crippen LogP contribution in [-0.4, -0.2) is 254 Å². The molecule has 0 unspecified atom stereocenters. The Bertz CT molecular complexity index is 3690. The predicted molar refractivity (Wildman–Crippen MR) is 419 cm³/mol. The van der Waals surface area contributed by atoms with Gasteiger partial charge in [0.05, 0.1) is 12.1 Å². The van der Waals surface area contributed by atoms with Crippen molar-refractivity contribution in [2.75, 3.05) is 60.4 Å². The van der Waals surface area contributed by atoms with Crippen LogP contribution in [-0.2, 0) is 86.3 Å². The first-order valence-corrected chi connectivity index (χ1v) is 38.7. The quantitative estimate of drug-likeness (QED) is 0.0630. The van der Waals surface area contributed by atoms with Crippen LogP contribution in [0.1, 0.15) is 184 Å². The minimum absolute atomic E-state index is 0. The number of carboxylic acid groups (broad SMARTS) is 1. The maximum Gasteiger partial charge on any atom is 1.00 e. The SMILES string of the molecule is C.CC[C@@H](C(=O)N[C@H]1CCC(=O)N2CCC[C@@H](C(=O)NCCc3ccccc3)N2C1=O)N(C)C(=O)OC(C)(C)C.CC[C@@H](C(=O)O)N(C)C(=O)OC(C)(C)C.CC[C@H](NC)C(=O)N[C@H]1CCC(=O)N2CCC[C@@H](C(=O)NCCc3ccccc3)N2C1=O.N[C@H]1CCC(=O)N2CCC[C@@H](C(=O)NCCc3ccccc3)N2C1=O.[H-].[K+]. The number of hydrogen-bond acceptors (Lipinski definition) is 18. The number of fused-ring (bicyclic) bond motifs is 3. The molecule has 6 aliphatic heterocycles. The molecule has 9 rings (SSSR count). The molecule has 9 atom stereocenters. The molecule has 113 heavy (non-hydrogen) atoms. The molecule has 6 heterocycles. The molecule has 3 aromatic rings. The molecule has 32 nitrogen and oxygen atoms in total. The molecule has 0 aliphatic carbocycles. The fraction of sp³-hybridized carbons (Fsp3) is 0.600. The van der Waals surface area contributed by atoms with E-state index in [9.17, 15) is 67.1 Å². The average molecular weight is 1610 g/mol. The molecule has 0 bridgehead atoms. The molecule has 6 aliphatic rings. The summed E-state index contributed by atoms with van der Waals surface area (Å²) in [4.78, 5) is 179. The topological polar surface area (TPSA) is 402 Å². The molecule has 0 aromatic heterocycles. The summed E-state index contributed by atoms with van der Waals surface area (Å²) >= 11 is 0. The van der Waals surface area contributed by atoms with Crippen molar-refractivity contribution in [3.05, 3.63) is 108 Å². The van der Waals surface area contributed by atoms with Crippen LogP contribution in [0.4, 0.5) is 9.59 Å². The Morgan fingerprint density at radius 2 is 0.814 bits per heavy atom. The van der Waals surface area contributed by atoms with Crippen LogP contribution in [0.3, 0.4) is 0 Å². The first-order chi connectivity index (χ1) is 52.6. The number of nitrogens with one attached hydrogen (secondary N) is 6. The van der Waals surface area contributed by atoms with E-state index in [2.05, 4.69) is 31.9 Å². The maximum atomic E-state index is 13.7. The molecular weight excluding hydrogens is 1480 g/mol. The smallest absolute Gasteiger partial charge is 1.00 e. The van der Waals surface area contributed by atoms with E-state index in [4.69, 9.17) is 20.3 Å². The van der Waals surface area contributed by atoms with Gasteiger partial charge in [-0.05, 0) is 162 Å². The summed E-state index contributed by atoms with van der Waals surface area (Å²) in [5, 5.41) is 34.0. The van der Waals surface area contributed by atoms with Crippen LogP contribution in [0.5, 0.6) is 0 Å². The molecule has 33 heteroatoms. The van der Waals surface area contributed by atoms with Gasteiger partial charge in [0.25, 0.3) is 17.7 Å². The summed E-state index contributed by atoms with van der Waals surface area (Å²) in [6.45, 7) is 18.3. The fourth-order valence-electron chi connectivity index (χ4n) is 13.6. The summed E-state index contributed by atoms with van der Waals surface area (Å²) in [7, 11) is 4.59. The number of likely N-dealkylation sites (N-methyl/N-ethyl adjacent to an activating group) is 3. The number of hydrazine groups is 3. The second-order valence-corrected chi connectivity index (χ2v) is 30.1. The van der Waals surface area contributed by atoms with E-state index in [1.165, 1.54) is 49.0 Å². The van der Waals surface area contributed by atoms with Gasteiger partial charge in [-0.1, -0.05) is 119 Å². The Kier molecular flexibility index (Phi) is 40.0. The zero-order chi connectivity index (χ0) is 81.9. The number of benzene rings is 3. The number of rotatable bonds is 23. The Labute approximate surface area is 708 Å². The summed E-state index contributed by atoms with van der Waals surface area (Å²) in [5.74, 6) is -4.51. The molecule has 6 saturated heterocycles.